The highest BCUT2D eigenvalue weighted by Gasteiger charge is 2.34. The summed E-state index contributed by atoms with van der Waals surface area (Å²) in [5.74, 6) is 1.68. The lowest BCUT2D eigenvalue weighted by Crippen LogP contribution is -2.43. The molecule has 24 heavy (non-hydrogen) atoms. The number of rotatable bonds is 7. The van der Waals surface area contributed by atoms with E-state index in [-0.39, 0.29) is 24.0 Å². The Morgan fingerprint density at radius 3 is 2.67 bits per heavy atom. The molecule has 2 rings (SSSR count). The molecule has 0 aliphatic heterocycles. The molecular formula is C18H30IN3O2. The fourth-order valence-corrected chi connectivity index (χ4v) is 2.73. The largest absolute Gasteiger partial charge is 0.496 e. The van der Waals surface area contributed by atoms with E-state index in [9.17, 15) is 5.11 Å². The molecule has 1 aromatic rings. The van der Waals surface area contributed by atoms with Gasteiger partial charge in [-0.15, -0.1) is 24.0 Å². The molecule has 0 amide bonds. The van der Waals surface area contributed by atoms with Crippen molar-refractivity contribution in [2.75, 3.05) is 26.7 Å². The van der Waals surface area contributed by atoms with E-state index in [0.717, 1.165) is 50.5 Å². The van der Waals surface area contributed by atoms with E-state index >= 15 is 0 Å². The normalized spacial score (nSPS) is 15.9. The van der Waals surface area contributed by atoms with E-state index in [2.05, 4.69) is 34.7 Å². The quantitative estimate of drug-likeness (QED) is 0.342. The van der Waals surface area contributed by atoms with Crippen LogP contribution in [0.3, 0.4) is 0 Å². The highest BCUT2D eigenvalue weighted by Crippen LogP contribution is 2.31. The highest BCUT2D eigenvalue weighted by atomic mass is 127. The monoisotopic (exact) mass is 447 g/mol. The lowest BCUT2D eigenvalue weighted by atomic mass is 9.80. The summed E-state index contributed by atoms with van der Waals surface area (Å²) in [5, 5.41) is 16.7. The Hall–Kier alpha value is -1.02. The summed E-state index contributed by atoms with van der Waals surface area (Å²) in [6, 6.07) is 6.22. The van der Waals surface area contributed by atoms with Gasteiger partial charge in [0.1, 0.15) is 5.75 Å². The van der Waals surface area contributed by atoms with E-state index in [1.165, 1.54) is 11.1 Å². The zero-order valence-electron chi connectivity index (χ0n) is 14.9. The zero-order chi connectivity index (χ0) is 16.7. The molecule has 0 bridgehead atoms. The lowest BCUT2D eigenvalue weighted by molar-refractivity contribution is -0.0236. The van der Waals surface area contributed by atoms with Crippen LogP contribution < -0.4 is 15.4 Å². The predicted molar refractivity (Wildman–Crippen MR) is 110 cm³/mol. The van der Waals surface area contributed by atoms with Crippen LogP contribution in [0.15, 0.2) is 23.2 Å². The van der Waals surface area contributed by atoms with Crippen molar-refractivity contribution in [3.05, 3.63) is 29.3 Å². The van der Waals surface area contributed by atoms with Crippen molar-refractivity contribution in [3.63, 3.8) is 0 Å². The Bertz CT molecular complexity index is 545. The molecule has 0 aromatic heterocycles. The van der Waals surface area contributed by atoms with Crippen LogP contribution in [0.2, 0.25) is 0 Å². The summed E-state index contributed by atoms with van der Waals surface area (Å²) < 4.78 is 5.41. The van der Waals surface area contributed by atoms with Crippen molar-refractivity contribution in [3.8, 4) is 5.75 Å². The Morgan fingerprint density at radius 1 is 1.33 bits per heavy atom. The van der Waals surface area contributed by atoms with Gasteiger partial charge in [-0.25, -0.2) is 0 Å². The molecule has 1 aliphatic carbocycles. The van der Waals surface area contributed by atoms with Crippen molar-refractivity contribution in [2.24, 2.45) is 4.99 Å². The number of hydrogen-bond acceptors (Lipinski definition) is 3. The molecule has 0 spiro atoms. The zero-order valence-corrected chi connectivity index (χ0v) is 17.2. The van der Waals surface area contributed by atoms with Crippen molar-refractivity contribution >= 4 is 29.9 Å². The van der Waals surface area contributed by atoms with Gasteiger partial charge in [0, 0.05) is 13.1 Å². The number of benzene rings is 1. The third-order valence-electron chi connectivity index (χ3n) is 4.28. The van der Waals surface area contributed by atoms with Gasteiger partial charge in [0.2, 0.25) is 0 Å². The first-order chi connectivity index (χ1) is 11.1. The minimum absolute atomic E-state index is 0. The van der Waals surface area contributed by atoms with Crippen molar-refractivity contribution in [2.45, 2.75) is 45.1 Å². The summed E-state index contributed by atoms with van der Waals surface area (Å²) in [6.45, 7) is 6.16. The SMILES string of the molecule is CCNC(=NCC1(O)CCC1)NCCc1cc(C)ccc1OC.I. The summed E-state index contributed by atoms with van der Waals surface area (Å²) in [6.07, 6.45) is 3.68. The summed E-state index contributed by atoms with van der Waals surface area (Å²) in [4.78, 5) is 4.51. The van der Waals surface area contributed by atoms with Crippen LogP contribution >= 0.6 is 24.0 Å². The smallest absolute Gasteiger partial charge is 0.191 e. The van der Waals surface area contributed by atoms with Gasteiger partial charge in [0.15, 0.2) is 5.96 Å². The average molecular weight is 447 g/mol. The minimum atomic E-state index is -0.581. The molecule has 1 saturated carbocycles. The number of guanidine groups is 1. The molecule has 0 atom stereocenters. The van der Waals surface area contributed by atoms with Crippen LogP contribution in [0.4, 0.5) is 0 Å². The molecule has 0 unspecified atom stereocenters. The fraction of sp³-hybridized carbons (Fsp3) is 0.611. The van der Waals surface area contributed by atoms with Crippen molar-refractivity contribution in [1.82, 2.24) is 10.6 Å². The number of aryl methyl sites for hydroxylation is 1. The number of nitrogens with one attached hydrogen (secondary N) is 2. The van der Waals surface area contributed by atoms with Gasteiger partial charge < -0.3 is 20.5 Å². The molecule has 0 radical (unpaired) electrons. The molecule has 3 N–H and O–H groups in total. The number of methoxy groups -OCH3 is 1. The summed E-state index contributed by atoms with van der Waals surface area (Å²) in [5.41, 5.74) is 1.84. The molecule has 136 valence electrons. The standard InChI is InChI=1S/C18H29N3O2.HI/c1-4-19-17(21-13-18(22)9-5-10-18)20-11-8-15-12-14(2)6-7-16(15)23-3;/h6-7,12,22H,4-5,8-11,13H2,1-3H3,(H2,19,20,21);1H. The molecule has 1 aliphatic rings. The number of aliphatic hydroxyl groups is 1. The second-order valence-electron chi connectivity index (χ2n) is 6.27. The molecule has 1 aromatic carbocycles. The number of halogens is 1. The first-order valence-corrected chi connectivity index (χ1v) is 8.44. The van der Waals surface area contributed by atoms with Gasteiger partial charge in [0.25, 0.3) is 0 Å². The minimum Gasteiger partial charge on any atom is -0.496 e. The Balaban J connectivity index is 0.00000288. The van der Waals surface area contributed by atoms with Crippen LogP contribution in [0.1, 0.15) is 37.3 Å². The van der Waals surface area contributed by atoms with Gasteiger partial charge in [-0.05, 0) is 51.2 Å². The Kier molecular flexibility index (Phi) is 8.83. The molecule has 6 heteroatoms. The van der Waals surface area contributed by atoms with Crippen LogP contribution in [-0.2, 0) is 6.42 Å². The van der Waals surface area contributed by atoms with E-state index in [0.29, 0.717) is 6.54 Å². The van der Waals surface area contributed by atoms with E-state index < -0.39 is 5.60 Å². The van der Waals surface area contributed by atoms with E-state index in [1.54, 1.807) is 7.11 Å². The van der Waals surface area contributed by atoms with Crippen LogP contribution in [0, 0.1) is 6.92 Å². The van der Waals surface area contributed by atoms with Crippen LogP contribution in [0.5, 0.6) is 5.75 Å². The van der Waals surface area contributed by atoms with E-state index in [1.807, 2.05) is 13.0 Å². The van der Waals surface area contributed by atoms with Crippen molar-refractivity contribution < 1.29 is 9.84 Å². The van der Waals surface area contributed by atoms with Gasteiger partial charge in [-0.2, -0.15) is 0 Å². The first-order valence-electron chi connectivity index (χ1n) is 8.44. The Labute approximate surface area is 162 Å². The molecule has 0 heterocycles. The number of hydrogen-bond donors (Lipinski definition) is 3. The predicted octanol–water partition coefficient (Wildman–Crippen LogP) is 2.63. The summed E-state index contributed by atoms with van der Waals surface area (Å²) in [7, 11) is 1.70. The first kappa shape index (κ1) is 21.0. The van der Waals surface area contributed by atoms with Gasteiger partial charge in [-0.1, -0.05) is 17.7 Å². The third-order valence-corrected chi connectivity index (χ3v) is 4.28. The van der Waals surface area contributed by atoms with Gasteiger partial charge in [0.05, 0.1) is 19.3 Å². The topological polar surface area (TPSA) is 65.9 Å². The Morgan fingerprint density at radius 2 is 2.08 bits per heavy atom. The number of nitrogens with zero attached hydrogens (tertiary/aromatic N) is 1. The second-order valence-corrected chi connectivity index (χ2v) is 6.27. The average Bonchev–Trinajstić information content (AvgIpc) is 2.51. The van der Waals surface area contributed by atoms with Crippen LogP contribution in [0.25, 0.3) is 0 Å². The molecule has 5 nitrogen and oxygen atoms in total. The number of ether oxygens (including phenoxy) is 1. The summed E-state index contributed by atoms with van der Waals surface area (Å²) >= 11 is 0. The third kappa shape index (κ3) is 6.12. The highest BCUT2D eigenvalue weighted by molar-refractivity contribution is 14.0. The van der Waals surface area contributed by atoms with Crippen LogP contribution in [-0.4, -0.2) is 43.4 Å². The maximum absolute atomic E-state index is 10.2. The molecular weight excluding hydrogens is 417 g/mol. The fourth-order valence-electron chi connectivity index (χ4n) is 2.73. The molecule has 1 fully saturated rings. The second kappa shape index (κ2) is 10.1. The number of aliphatic imine (C=N–C) groups is 1. The maximum atomic E-state index is 10.2. The maximum Gasteiger partial charge on any atom is 0.191 e. The van der Waals surface area contributed by atoms with E-state index in [4.69, 9.17) is 4.74 Å². The lowest BCUT2D eigenvalue weighted by Gasteiger charge is -2.35. The molecule has 0 saturated heterocycles. The van der Waals surface area contributed by atoms with Gasteiger partial charge in [-0.3, -0.25) is 4.99 Å². The van der Waals surface area contributed by atoms with Crippen molar-refractivity contribution in [1.29, 1.82) is 0 Å². The van der Waals surface area contributed by atoms with Gasteiger partial charge >= 0.3 is 0 Å².